The Hall–Kier alpha value is -2.16. The second kappa shape index (κ2) is 22.9. The molecule has 4 saturated carbocycles. The number of hydrogen-bond acceptors (Lipinski definition) is 25. The molecule has 9 aliphatic rings. The van der Waals surface area contributed by atoms with Gasteiger partial charge in [-0.15, -0.1) is 0 Å². The Kier molecular flexibility index (Phi) is 17.9. The highest BCUT2D eigenvalue weighted by Gasteiger charge is 2.71. The number of esters is 2. The normalized spacial score (nSPS) is 53.0. The Bertz CT molecular complexity index is 2230. The lowest BCUT2D eigenvalue weighted by Gasteiger charge is -2.71. The Labute approximate surface area is 464 Å². The number of hydrogen-bond donors (Lipinski definition) is 14. The summed E-state index contributed by atoms with van der Waals surface area (Å²) < 4.78 is 52.5. The molecule has 80 heavy (non-hydrogen) atoms. The van der Waals surface area contributed by atoms with Crippen molar-refractivity contribution >= 4 is 11.9 Å². The van der Waals surface area contributed by atoms with E-state index in [0.29, 0.717) is 44.9 Å². The van der Waals surface area contributed by atoms with Crippen LogP contribution < -0.4 is 0 Å². The lowest BCUT2D eigenvalue weighted by molar-refractivity contribution is -0.383. The van der Waals surface area contributed by atoms with Crippen LogP contribution in [0.2, 0.25) is 0 Å². The first kappa shape index (κ1) is 62.4. The van der Waals surface area contributed by atoms with Gasteiger partial charge in [-0.2, -0.15) is 0 Å². The van der Waals surface area contributed by atoms with Gasteiger partial charge in [-0.1, -0.05) is 46.3 Å². The van der Waals surface area contributed by atoms with Crippen LogP contribution in [0.4, 0.5) is 0 Å². The summed E-state index contributed by atoms with van der Waals surface area (Å²) in [5.41, 5.74) is -2.59. The van der Waals surface area contributed by atoms with Crippen molar-refractivity contribution in [1.29, 1.82) is 0 Å². The third-order valence-electron chi connectivity index (χ3n) is 21.9. The van der Waals surface area contributed by atoms with Crippen molar-refractivity contribution in [1.82, 2.24) is 0 Å². The van der Waals surface area contributed by atoms with Gasteiger partial charge in [-0.25, -0.2) is 0 Å². The summed E-state index contributed by atoms with van der Waals surface area (Å²) >= 11 is 0. The number of allylic oxidation sites excluding steroid dienone is 2. The molecule has 0 radical (unpaired) electrons. The molecule has 5 aliphatic carbocycles. The number of aliphatic hydroxyl groups is 14. The molecule has 0 aromatic heterocycles. The molecule has 0 aromatic carbocycles. The molecule has 9 rings (SSSR count). The van der Waals surface area contributed by atoms with E-state index >= 15 is 0 Å². The summed E-state index contributed by atoms with van der Waals surface area (Å²) in [6.45, 7) is 9.98. The molecule has 25 nitrogen and oxygen atoms in total. The van der Waals surface area contributed by atoms with E-state index in [2.05, 4.69) is 40.7 Å². The predicted molar refractivity (Wildman–Crippen MR) is 269 cm³/mol. The lowest BCUT2D eigenvalue weighted by atomic mass is 9.33. The molecule has 29 atom stereocenters. The van der Waals surface area contributed by atoms with E-state index < -0.39 is 189 Å². The van der Waals surface area contributed by atoms with Crippen molar-refractivity contribution in [2.75, 3.05) is 33.5 Å². The Morgan fingerprint density at radius 3 is 1.52 bits per heavy atom. The number of carbonyl (C=O) groups is 2. The molecule has 8 fully saturated rings. The largest absolute Gasteiger partial charge is 0.469 e. The van der Waals surface area contributed by atoms with Crippen LogP contribution in [-0.4, -0.2) is 246 Å². The lowest BCUT2D eigenvalue weighted by Crippen LogP contribution is -2.67. The zero-order valence-electron chi connectivity index (χ0n) is 46.6. The average molecular weight is 1150 g/mol. The van der Waals surface area contributed by atoms with Crippen LogP contribution in [0, 0.1) is 50.2 Å². The van der Waals surface area contributed by atoms with E-state index in [1.807, 2.05) is 6.92 Å². The molecule has 0 aromatic rings. The molecule has 4 heterocycles. The molecule has 4 saturated heterocycles. The third kappa shape index (κ3) is 9.93. The monoisotopic (exact) mass is 1150 g/mol. The second-order valence-corrected chi connectivity index (χ2v) is 26.2. The highest BCUT2D eigenvalue weighted by atomic mass is 16.8. The van der Waals surface area contributed by atoms with Crippen molar-refractivity contribution in [2.24, 2.45) is 50.2 Å². The van der Waals surface area contributed by atoms with Crippen molar-refractivity contribution in [3.63, 3.8) is 0 Å². The van der Waals surface area contributed by atoms with Gasteiger partial charge < -0.3 is 114 Å². The first-order valence-electron chi connectivity index (χ1n) is 28.4. The number of methoxy groups -OCH3 is 1. The average Bonchev–Trinajstić information content (AvgIpc) is 3.43. The van der Waals surface area contributed by atoms with Gasteiger partial charge in [-0.3, -0.25) is 9.59 Å². The van der Waals surface area contributed by atoms with E-state index in [0.717, 1.165) is 18.4 Å². The van der Waals surface area contributed by atoms with Crippen molar-refractivity contribution in [2.45, 2.75) is 235 Å². The molecule has 14 N–H and O–H groups in total. The van der Waals surface area contributed by atoms with Crippen LogP contribution in [0.15, 0.2) is 11.6 Å². The first-order valence-corrected chi connectivity index (χ1v) is 28.4. The summed E-state index contributed by atoms with van der Waals surface area (Å²) in [6, 6.07) is 0. The molecular weight excluding hydrogens is 1060 g/mol. The van der Waals surface area contributed by atoms with Crippen LogP contribution in [-0.2, 0) is 52.2 Å². The second-order valence-electron chi connectivity index (χ2n) is 26.2. The molecule has 0 bridgehead atoms. The fraction of sp³-hybridized carbons (Fsp3) is 0.927. The minimum absolute atomic E-state index is 0.0681. The van der Waals surface area contributed by atoms with Gasteiger partial charge in [0.2, 0.25) is 6.29 Å². The van der Waals surface area contributed by atoms with Gasteiger partial charge in [0.15, 0.2) is 18.9 Å². The topological polar surface area (TPSA) is 400 Å². The molecule has 0 spiro atoms. The van der Waals surface area contributed by atoms with E-state index in [1.54, 1.807) is 0 Å². The van der Waals surface area contributed by atoms with E-state index in [4.69, 9.17) is 42.6 Å². The summed E-state index contributed by atoms with van der Waals surface area (Å²) in [6.07, 6.45) is -26.5. The summed E-state index contributed by atoms with van der Waals surface area (Å²) in [7, 11) is 1.35. The minimum Gasteiger partial charge on any atom is -0.469 e. The van der Waals surface area contributed by atoms with E-state index in [9.17, 15) is 81.1 Å². The zero-order valence-corrected chi connectivity index (χ0v) is 46.6. The van der Waals surface area contributed by atoms with Crippen molar-refractivity contribution < 1.29 is 124 Å². The van der Waals surface area contributed by atoms with Crippen LogP contribution in [0.3, 0.4) is 0 Å². The van der Waals surface area contributed by atoms with Crippen LogP contribution in [0.1, 0.15) is 106 Å². The van der Waals surface area contributed by atoms with Crippen molar-refractivity contribution in [3.05, 3.63) is 11.6 Å². The predicted octanol–water partition coefficient (Wildman–Crippen LogP) is -2.88. The van der Waals surface area contributed by atoms with E-state index in [-0.39, 0.29) is 35.1 Å². The number of ether oxygens (including phenoxy) is 9. The number of rotatable bonds is 13. The van der Waals surface area contributed by atoms with Crippen LogP contribution >= 0.6 is 0 Å². The molecule has 0 amide bonds. The SMILES string of the molecule is COC(=O)[C@@]1(C)CC[C@]2(C(=O)O[C@@H]3O[C@H](CO)[C@@H](O)[C@H](O)[C@H]3O)CC[C@]3(C)C(=CC[C@@H]4[C@@]5(C)CCC(O[C@@H]6O[C@H](CO)[C@@H](O[C@@H]7O[C@H](CO)[C@@H](O[C@@H]8O[C@H](CO)[C@@H](O)[C@H](O)[C@H]8O)[C@H](O)[C@H]7O)[C@H](O)[C@H]6O)C(C)(C)[C@@H]5CC[C@]43C)[C@H]2C1. The molecule has 25 heteroatoms. The first-order chi connectivity index (χ1) is 37.6. The van der Waals surface area contributed by atoms with Gasteiger partial charge >= 0.3 is 11.9 Å². The van der Waals surface area contributed by atoms with Gasteiger partial charge in [0.25, 0.3) is 0 Å². The fourth-order valence-corrected chi connectivity index (χ4v) is 16.8. The Morgan fingerprint density at radius 2 is 1.00 bits per heavy atom. The van der Waals surface area contributed by atoms with Crippen LogP contribution in [0.25, 0.3) is 0 Å². The Morgan fingerprint density at radius 1 is 0.525 bits per heavy atom. The van der Waals surface area contributed by atoms with E-state index in [1.165, 1.54) is 7.11 Å². The summed E-state index contributed by atoms with van der Waals surface area (Å²) in [4.78, 5) is 28.4. The fourth-order valence-electron chi connectivity index (χ4n) is 16.8. The van der Waals surface area contributed by atoms with Gasteiger partial charge in [-0.05, 0) is 111 Å². The summed E-state index contributed by atoms with van der Waals surface area (Å²) in [5, 5.41) is 149. The maximum absolute atomic E-state index is 14.8. The van der Waals surface area contributed by atoms with Gasteiger partial charge in [0.05, 0.1) is 50.5 Å². The highest BCUT2D eigenvalue weighted by Crippen LogP contribution is 2.76. The number of fused-ring (bicyclic) bond motifs is 7. The molecule has 4 aliphatic heterocycles. The molecule has 1 unspecified atom stereocenters. The minimum atomic E-state index is -1.98. The zero-order chi connectivity index (χ0) is 58.6. The maximum atomic E-state index is 14.8. The maximum Gasteiger partial charge on any atom is 0.315 e. The summed E-state index contributed by atoms with van der Waals surface area (Å²) in [5.74, 6) is -1.31. The number of carbonyl (C=O) groups excluding carboxylic acids is 2. The Balaban J connectivity index is 0.895. The standard InChI is InChI=1S/C55H88O25/c1-50(2)29-10-13-54(6)30(9-8-23-24-18-51(3,48(70)72-7)14-16-55(24,17-15-53(23,54)5)49(71)80-47-39(67)35(63)33(61)26(20-57)74-47)52(29,4)12-11-31(50)77-44-40(68)36(64)42(27(21-58)75-44)79-46-41(69)37(65)43(28(22-59)76-46)78-45-38(66)34(62)32(60)25(19-56)73-45/h8,24-47,56-69H,9-22H2,1-7H3/t24-,25-,26-,27-,28-,29+,30-,31?,32-,33-,34+,35+,36-,37-,38-,39-,40-,41-,42-,43-,44+,45+,46+,47+,51+,52+,53-,54-,55+/m1/s1. The van der Waals surface area contributed by atoms with Gasteiger partial charge in [0.1, 0.15) is 97.7 Å². The smallest absolute Gasteiger partial charge is 0.315 e. The molecular formula is C55H88O25. The van der Waals surface area contributed by atoms with Crippen molar-refractivity contribution in [3.8, 4) is 0 Å². The number of aliphatic hydroxyl groups excluding tert-OH is 14. The van der Waals surface area contributed by atoms with Gasteiger partial charge in [0, 0.05) is 0 Å². The van der Waals surface area contributed by atoms with Crippen LogP contribution in [0.5, 0.6) is 0 Å². The molecule has 458 valence electrons. The highest BCUT2D eigenvalue weighted by molar-refractivity contribution is 5.81. The quantitative estimate of drug-likeness (QED) is 0.0500. The third-order valence-corrected chi connectivity index (χ3v) is 21.9.